The Balaban J connectivity index is 1.43. The van der Waals surface area contributed by atoms with Gasteiger partial charge in [-0.2, -0.15) is 0 Å². The maximum atomic E-state index is 14.1. The smallest absolute Gasteiger partial charge is 0.293 e. The molecule has 1 aliphatic heterocycles. The minimum absolute atomic E-state index is 0.0749. The van der Waals surface area contributed by atoms with Gasteiger partial charge in [0.1, 0.15) is 24.8 Å². The lowest BCUT2D eigenvalue weighted by Gasteiger charge is -2.14. The van der Waals surface area contributed by atoms with E-state index in [0.717, 1.165) is 17.3 Å². The van der Waals surface area contributed by atoms with E-state index in [4.69, 9.17) is 25.8 Å². The van der Waals surface area contributed by atoms with E-state index in [1.54, 1.807) is 30.3 Å². The molecule has 0 bridgehead atoms. The highest BCUT2D eigenvalue weighted by atomic mass is 35.5. The Morgan fingerprint density at radius 2 is 1.78 bits per heavy atom. The molecule has 0 aliphatic carbocycles. The number of thioether (sulfide) groups is 1. The standard InChI is InChI=1S/C28H25ClFNO5S/c1-3-34-25-15-19(9-12-24(25)36-17-21-22(29)5-4-6-23(21)30)16-26-27(32)31(28(33)37-26)13-14-35-20-10-7-18(2)8-11-20/h4-12,15-16H,3,13-14,17H2,1-2H3/b26-16-. The first kappa shape index (κ1) is 26.6. The summed E-state index contributed by atoms with van der Waals surface area (Å²) in [5.74, 6) is 0.669. The van der Waals surface area contributed by atoms with Crippen molar-refractivity contribution in [1.29, 1.82) is 0 Å². The van der Waals surface area contributed by atoms with Gasteiger partial charge in [0.2, 0.25) is 0 Å². The zero-order valence-corrected chi connectivity index (χ0v) is 21.9. The molecule has 1 saturated heterocycles. The largest absolute Gasteiger partial charge is 0.492 e. The Morgan fingerprint density at radius 3 is 2.51 bits per heavy atom. The van der Waals surface area contributed by atoms with Crippen LogP contribution in [0, 0.1) is 12.7 Å². The van der Waals surface area contributed by atoms with Crippen LogP contribution in [-0.2, 0) is 11.4 Å². The first-order valence-electron chi connectivity index (χ1n) is 11.6. The number of nitrogens with zero attached hydrogens (tertiary/aromatic N) is 1. The summed E-state index contributed by atoms with van der Waals surface area (Å²) in [7, 11) is 0. The maximum Gasteiger partial charge on any atom is 0.293 e. The Morgan fingerprint density at radius 1 is 1.00 bits per heavy atom. The van der Waals surface area contributed by atoms with Crippen LogP contribution >= 0.6 is 23.4 Å². The number of imide groups is 1. The van der Waals surface area contributed by atoms with E-state index in [1.807, 2.05) is 38.1 Å². The lowest BCUT2D eigenvalue weighted by molar-refractivity contribution is -0.123. The molecule has 6 nitrogen and oxygen atoms in total. The molecule has 1 aliphatic rings. The Hall–Kier alpha value is -3.49. The fourth-order valence-corrected chi connectivity index (χ4v) is 4.64. The summed E-state index contributed by atoms with van der Waals surface area (Å²) >= 11 is 6.96. The number of benzene rings is 3. The third-order valence-corrected chi connectivity index (χ3v) is 6.74. The van der Waals surface area contributed by atoms with E-state index in [2.05, 4.69) is 0 Å². The van der Waals surface area contributed by atoms with Gasteiger partial charge < -0.3 is 14.2 Å². The fourth-order valence-electron chi connectivity index (χ4n) is 3.56. The summed E-state index contributed by atoms with van der Waals surface area (Å²) in [5, 5.41) is -0.0786. The molecule has 9 heteroatoms. The van der Waals surface area contributed by atoms with Crippen molar-refractivity contribution in [3.8, 4) is 17.2 Å². The van der Waals surface area contributed by atoms with Crippen LogP contribution in [0.25, 0.3) is 6.08 Å². The number of carbonyl (C=O) groups excluding carboxylic acids is 2. The van der Waals surface area contributed by atoms with Crippen molar-refractivity contribution in [3.05, 3.63) is 93.1 Å². The van der Waals surface area contributed by atoms with Gasteiger partial charge >= 0.3 is 0 Å². The molecule has 3 aromatic rings. The second kappa shape index (κ2) is 12.2. The van der Waals surface area contributed by atoms with Gasteiger partial charge in [-0.25, -0.2) is 4.39 Å². The van der Waals surface area contributed by atoms with E-state index in [-0.39, 0.29) is 41.5 Å². The summed E-state index contributed by atoms with van der Waals surface area (Å²) in [6.07, 6.45) is 1.63. The summed E-state index contributed by atoms with van der Waals surface area (Å²) < 4.78 is 31.2. The molecular formula is C28H25ClFNO5S. The molecule has 37 heavy (non-hydrogen) atoms. The van der Waals surface area contributed by atoms with Crippen LogP contribution < -0.4 is 14.2 Å². The lowest BCUT2D eigenvalue weighted by Crippen LogP contribution is -2.32. The van der Waals surface area contributed by atoms with Crippen molar-refractivity contribution < 1.29 is 28.2 Å². The van der Waals surface area contributed by atoms with Gasteiger partial charge in [-0.05, 0) is 73.6 Å². The Labute approximate surface area is 224 Å². The second-order valence-corrected chi connectivity index (χ2v) is 9.52. The molecule has 0 radical (unpaired) electrons. The van der Waals surface area contributed by atoms with Crippen molar-refractivity contribution in [1.82, 2.24) is 4.90 Å². The molecule has 192 valence electrons. The number of aryl methyl sites for hydroxylation is 1. The summed E-state index contributed by atoms with van der Waals surface area (Å²) in [5.41, 5.74) is 2.02. The Kier molecular flexibility index (Phi) is 8.74. The van der Waals surface area contributed by atoms with Crippen molar-refractivity contribution in [3.63, 3.8) is 0 Å². The predicted octanol–water partition coefficient (Wildman–Crippen LogP) is 6.88. The van der Waals surface area contributed by atoms with Crippen LogP contribution in [-0.4, -0.2) is 35.8 Å². The third-order valence-electron chi connectivity index (χ3n) is 5.48. The van der Waals surface area contributed by atoms with Crippen LogP contribution in [0.1, 0.15) is 23.6 Å². The van der Waals surface area contributed by atoms with Gasteiger partial charge in [0.15, 0.2) is 11.5 Å². The molecule has 0 spiro atoms. The van der Waals surface area contributed by atoms with Gasteiger partial charge in [-0.1, -0.05) is 41.4 Å². The van der Waals surface area contributed by atoms with Crippen LogP contribution in [0.5, 0.6) is 17.2 Å². The average molecular weight is 542 g/mol. The van der Waals surface area contributed by atoms with Crippen LogP contribution in [0.3, 0.4) is 0 Å². The number of rotatable bonds is 10. The summed E-state index contributed by atoms with van der Waals surface area (Å²) in [6.45, 7) is 4.45. The summed E-state index contributed by atoms with van der Waals surface area (Å²) in [6, 6.07) is 17.1. The highest BCUT2D eigenvalue weighted by Gasteiger charge is 2.34. The van der Waals surface area contributed by atoms with Gasteiger partial charge in [0, 0.05) is 5.56 Å². The SMILES string of the molecule is CCOc1cc(/C=C2\SC(=O)N(CCOc3ccc(C)cc3)C2=O)ccc1OCc1c(F)cccc1Cl. The zero-order chi connectivity index (χ0) is 26.4. The topological polar surface area (TPSA) is 65.1 Å². The number of halogens is 2. The highest BCUT2D eigenvalue weighted by Crippen LogP contribution is 2.35. The van der Waals surface area contributed by atoms with Crippen LogP contribution in [0.2, 0.25) is 5.02 Å². The predicted molar refractivity (Wildman–Crippen MR) is 143 cm³/mol. The lowest BCUT2D eigenvalue weighted by atomic mass is 10.1. The molecule has 0 saturated carbocycles. The highest BCUT2D eigenvalue weighted by molar-refractivity contribution is 8.18. The molecule has 3 aromatic carbocycles. The fraction of sp³-hybridized carbons (Fsp3) is 0.214. The van der Waals surface area contributed by atoms with Gasteiger partial charge in [-0.15, -0.1) is 0 Å². The quantitative estimate of drug-likeness (QED) is 0.261. The first-order valence-corrected chi connectivity index (χ1v) is 12.8. The molecule has 0 N–H and O–H groups in total. The van der Waals surface area contributed by atoms with E-state index in [1.165, 1.54) is 17.0 Å². The zero-order valence-electron chi connectivity index (χ0n) is 20.3. The van der Waals surface area contributed by atoms with Crippen molar-refractivity contribution in [2.24, 2.45) is 0 Å². The molecule has 4 rings (SSSR count). The summed E-state index contributed by atoms with van der Waals surface area (Å²) in [4.78, 5) is 26.8. The van der Waals surface area contributed by atoms with Crippen molar-refractivity contribution in [2.75, 3.05) is 19.8 Å². The van der Waals surface area contributed by atoms with Crippen LogP contribution in [0.4, 0.5) is 9.18 Å². The molecule has 0 unspecified atom stereocenters. The van der Waals surface area contributed by atoms with Gasteiger partial charge in [-0.3, -0.25) is 14.5 Å². The number of hydrogen-bond acceptors (Lipinski definition) is 6. The number of amides is 2. The third kappa shape index (κ3) is 6.64. The number of hydrogen-bond donors (Lipinski definition) is 0. The first-order chi connectivity index (χ1) is 17.9. The van der Waals surface area contributed by atoms with Gasteiger partial charge in [0.25, 0.3) is 11.1 Å². The van der Waals surface area contributed by atoms with Crippen LogP contribution in [0.15, 0.2) is 65.6 Å². The maximum absolute atomic E-state index is 14.1. The molecule has 0 atom stereocenters. The second-order valence-electron chi connectivity index (χ2n) is 8.12. The molecule has 1 fully saturated rings. The van der Waals surface area contributed by atoms with Crippen molar-refractivity contribution >= 4 is 40.6 Å². The minimum atomic E-state index is -0.456. The van der Waals surface area contributed by atoms with Crippen molar-refractivity contribution in [2.45, 2.75) is 20.5 Å². The van der Waals surface area contributed by atoms with E-state index < -0.39 is 5.82 Å². The van der Waals surface area contributed by atoms with E-state index in [0.29, 0.717) is 34.3 Å². The monoisotopic (exact) mass is 541 g/mol. The minimum Gasteiger partial charge on any atom is -0.492 e. The van der Waals surface area contributed by atoms with Gasteiger partial charge in [0.05, 0.1) is 23.1 Å². The average Bonchev–Trinajstić information content (AvgIpc) is 3.13. The normalized spacial score (nSPS) is 14.4. The molecule has 0 aromatic heterocycles. The van der Waals surface area contributed by atoms with E-state index in [9.17, 15) is 14.0 Å². The Bertz CT molecular complexity index is 1310. The number of carbonyl (C=O) groups is 2. The molecule has 2 amide bonds. The molecular weight excluding hydrogens is 517 g/mol. The number of ether oxygens (including phenoxy) is 3. The van der Waals surface area contributed by atoms with E-state index >= 15 is 0 Å². The molecule has 1 heterocycles.